The lowest BCUT2D eigenvalue weighted by atomic mass is 10.0. The summed E-state index contributed by atoms with van der Waals surface area (Å²) < 4.78 is 5.90. The van der Waals surface area contributed by atoms with Crippen molar-refractivity contribution in [1.29, 1.82) is 0 Å². The molecule has 3 atom stereocenters. The predicted octanol–water partition coefficient (Wildman–Crippen LogP) is 15.5. The van der Waals surface area contributed by atoms with Crippen LogP contribution in [0.5, 0.6) is 0 Å². The smallest absolute Gasteiger partial charge is 0.306 e. The molecule has 0 aromatic carbocycles. The zero-order valence-corrected chi connectivity index (χ0v) is 39.8. The van der Waals surface area contributed by atoms with E-state index in [9.17, 15) is 19.8 Å². The van der Waals surface area contributed by atoms with E-state index in [1.165, 1.54) is 141 Å². The van der Waals surface area contributed by atoms with E-state index in [4.69, 9.17) is 4.74 Å². The van der Waals surface area contributed by atoms with Crippen molar-refractivity contribution in [1.82, 2.24) is 5.32 Å². The molecule has 0 radical (unpaired) electrons. The minimum absolute atomic E-state index is 0.0423. The molecular formula is C54H99NO5. The van der Waals surface area contributed by atoms with Crippen LogP contribution in [0.25, 0.3) is 0 Å². The van der Waals surface area contributed by atoms with Crippen molar-refractivity contribution in [2.24, 2.45) is 0 Å². The molecule has 6 nitrogen and oxygen atoms in total. The highest BCUT2D eigenvalue weighted by Gasteiger charge is 2.24. The summed E-state index contributed by atoms with van der Waals surface area (Å²) in [6.07, 6.45) is 57.4. The Morgan fingerprint density at radius 1 is 0.483 bits per heavy atom. The van der Waals surface area contributed by atoms with Gasteiger partial charge in [0.05, 0.1) is 25.2 Å². The third-order valence-electron chi connectivity index (χ3n) is 11.7. The standard InChI is InChI=1S/C54H99NO5/c1-4-7-10-13-16-19-22-25-26-27-28-29-30-33-36-39-42-45-50(60-54(59)47-44-41-38-35-32-24-21-18-15-12-9-6-3)48-53(58)55-51(49-56)52(57)46-43-40-37-34-31-23-20-17-14-11-8-5-2/h16,19,25-26,28-29,33,36,50-52,56-57H,4-15,17-18,20-24,27,30-32,34-35,37-49H2,1-3H3,(H,55,58)/b19-16-,26-25-,29-28-,36-33-. The highest BCUT2D eigenvalue weighted by Crippen LogP contribution is 2.17. The Kier molecular flexibility index (Phi) is 46.1. The van der Waals surface area contributed by atoms with Gasteiger partial charge in [0, 0.05) is 6.42 Å². The van der Waals surface area contributed by atoms with Crippen molar-refractivity contribution in [2.75, 3.05) is 6.61 Å². The second kappa shape index (κ2) is 47.9. The monoisotopic (exact) mass is 842 g/mol. The number of unbranched alkanes of at least 4 members (excludes halogenated alkanes) is 26. The number of nitrogens with one attached hydrogen (secondary N) is 1. The molecule has 6 heteroatoms. The molecule has 0 saturated heterocycles. The van der Waals surface area contributed by atoms with E-state index in [1.807, 2.05) is 0 Å². The van der Waals surface area contributed by atoms with E-state index in [0.717, 1.165) is 70.6 Å². The minimum Gasteiger partial charge on any atom is -0.462 e. The topological polar surface area (TPSA) is 95.9 Å². The summed E-state index contributed by atoms with van der Waals surface area (Å²) in [7, 11) is 0. The van der Waals surface area contributed by atoms with Gasteiger partial charge < -0.3 is 20.3 Å². The molecule has 0 aromatic rings. The maximum atomic E-state index is 13.2. The van der Waals surface area contributed by atoms with Crippen molar-refractivity contribution in [3.8, 4) is 0 Å². The normalized spacial score (nSPS) is 13.6. The Balaban J connectivity index is 4.68. The first kappa shape index (κ1) is 57.8. The van der Waals surface area contributed by atoms with Crippen LogP contribution in [0.15, 0.2) is 48.6 Å². The molecule has 0 rings (SSSR count). The summed E-state index contributed by atoms with van der Waals surface area (Å²) in [5.74, 6) is -0.521. The summed E-state index contributed by atoms with van der Waals surface area (Å²) in [6, 6.07) is -0.716. The molecule has 0 aliphatic heterocycles. The van der Waals surface area contributed by atoms with Gasteiger partial charge in [-0.15, -0.1) is 0 Å². The van der Waals surface area contributed by atoms with Crippen LogP contribution in [0.4, 0.5) is 0 Å². The number of hydrogen-bond acceptors (Lipinski definition) is 5. The van der Waals surface area contributed by atoms with E-state index in [1.54, 1.807) is 0 Å². The molecule has 0 heterocycles. The Hall–Kier alpha value is -2.18. The van der Waals surface area contributed by atoms with Crippen molar-refractivity contribution in [2.45, 2.75) is 277 Å². The average molecular weight is 842 g/mol. The first-order chi connectivity index (χ1) is 29.5. The van der Waals surface area contributed by atoms with Gasteiger partial charge in [0.1, 0.15) is 6.10 Å². The van der Waals surface area contributed by atoms with Gasteiger partial charge in [-0.25, -0.2) is 0 Å². The van der Waals surface area contributed by atoms with Crippen LogP contribution in [-0.2, 0) is 14.3 Å². The maximum Gasteiger partial charge on any atom is 0.306 e. The molecule has 60 heavy (non-hydrogen) atoms. The first-order valence-corrected chi connectivity index (χ1v) is 25.9. The highest BCUT2D eigenvalue weighted by molar-refractivity contribution is 5.77. The van der Waals surface area contributed by atoms with Gasteiger partial charge in [-0.3, -0.25) is 9.59 Å². The summed E-state index contributed by atoms with van der Waals surface area (Å²) in [5.41, 5.74) is 0. The zero-order chi connectivity index (χ0) is 43.8. The van der Waals surface area contributed by atoms with Crippen LogP contribution < -0.4 is 5.32 Å². The SMILES string of the molecule is CCCCC/C=C\C/C=C\C/C=C\C/C=C\CCCC(CC(=O)NC(CO)C(O)CCCCCCCCCCCCCC)OC(=O)CCCCCCCCCCCCCC. The van der Waals surface area contributed by atoms with Crippen LogP contribution >= 0.6 is 0 Å². The molecule has 0 saturated carbocycles. The summed E-state index contributed by atoms with van der Waals surface area (Å²) in [6.45, 7) is 6.44. The second-order valence-corrected chi connectivity index (χ2v) is 17.6. The lowest BCUT2D eigenvalue weighted by Gasteiger charge is -2.24. The molecule has 0 bridgehead atoms. The van der Waals surface area contributed by atoms with Gasteiger partial charge in [0.15, 0.2) is 0 Å². The molecule has 0 spiro atoms. The molecule has 350 valence electrons. The fraction of sp³-hybridized carbons (Fsp3) is 0.815. The van der Waals surface area contributed by atoms with Crippen LogP contribution in [-0.4, -0.2) is 46.9 Å². The van der Waals surface area contributed by atoms with Crippen LogP contribution in [0.2, 0.25) is 0 Å². The number of ether oxygens (including phenoxy) is 1. The molecule has 0 fully saturated rings. The van der Waals surface area contributed by atoms with Crippen molar-refractivity contribution < 1.29 is 24.5 Å². The zero-order valence-electron chi connectivity index (χ0n) is 39.8. The lowest BCUT2D eigenvalue weighted by molar-refractivity contribution is -0.151. The van der Waals surface area contributed by atoms with Crippen molar-refractivity contribution in [3.05, 3.63) is 48.6 Å². The van der Waals surface area contributed by atoms with Crippen molar-refractivity contribution in [3.63, 3.8) is 0 Å². The van der Waals surface area contributed by atoms with Gasteiger partial charge in [0.25, 0.3) is 0 Å². The third-order valence-corrected chi connectivity index (χ3v) is 11.7. The largest absolute Gasteiger partial charge is 0.462 e. The Morgan fingerprint density at radius 3 is 1.32 bits per heavy atom. The molecule has 1 amide bonds. The van der Waals surface area contributed by atoms with Gasteiger partial charge in [0.2, 0.25) is 5.91 Å². The maximum absolute atomic E-state index is 13.2. The second-order valence-electron chi connectivity index (χ2n) is 17.6. The van der Waals surface area contributed by atoms with Gasteiger partial charge in [-0.05, 0) is 64.2 Å². The number of aliphatic hydroxyl groups excluding tert-OH is 2. The number of allylic oxidation sites excluding steroid dienone is 8. The highest BCUT2D eigenvalue weighted by atomic mass is 16.5. The van der Waals surface area contributed by atoms with E-state index < -0.39 is 18.2 Å². The molecule has 0 aromatic heterocycles. The van der Waals surface area contributed by atoms with E-state index in [0.29, 0.717) is 19.3 Å². The number of carbonyl (C=O) groups excluding carboxylic acids is 2. The summed E-state index contributed by atoms with van der Waals surface area (Å²) in [4.78, 5) is 26.1. The molecule has 0 aliphatic carbocycles. The van der Waals surface area contributed by atoms with Crippen molar-refractivity contribution >= 4 is 11.9 Å². The molecule has 3 N–H and O–H groups in total. The third kappa shape index (κ3) is 42.5. The lowest BCUT2D eigenvalue weighted by Crippen LogP contribution is -2.46. The number of aliphatic hydroxyl groups is 2. The molecule has 3 unspecified atom stereocenters. The van der Waals surface area contributed by atoms with Crippen LogP contribution in [0.3, 0.4) is 0 Å². The van der Waals surface area contributed by atoms with Gasteiger partial charge in [-0.2, -0.15) is 0 Å². The van der Waals surface area contributed by atoms with Crippen LogP contribution in [0, 0.1) is 0 Å². The molecular weight excluding hydrogens is 743 g/mol. The quantitative estimate of drug-likeness (QED) is 0.0322. The fourth-order valence-corrected chi connectivity index (χ4v) is 7.71. The number of rotatable bonds is 46. The summed E-state index contributed by atoms with van der Waals surface area (Å²) in [5, 5.41) is 23.7. The van der Waals surface area contributed by atoms with Gasteiger partial charge >= 0.3 is 5.97 Å². The average Bonchev–Trinajstić information content (AvgIpc) is 3.24. The number of esters is 1. The fourth-order valence-electron chi connectivity index (χ4n) is 7.71. The van der Waals surface area contributed by atoms with Crippen LogP contribution in [0.1, 0.15) is 258 Å². The minimum atomic E-state index is -0.800. The van der Waals surface area contributed by atoms with E-state index >= 15 is 0 Å². The van der Waals surface area contributed by atoms with Gasteiger partial charge in [-0.1, -0.05) is 230 Å². The molecule has 0 aliphatic rings. The number of carbonyl (C=O) groups is 2. The van der Waals surface area contributed by atoms with E-state index in [2.05, 4.69) is 74.7 Å². The first-order valence-electron chi connectivity index (χ1n) is 25.9. The Morgan fingerprint density at radius 2 is 0.867 bits per heavy atom. The number of hydrogen-bond donors (Lipinski definition) is 3. The Bertz CT molecular complexity index is 1040. The summed E-state index contributed by atoms with van der Waals surface area (Å²) >= 11 is 0. The van der Waals surface area contributed by atoms with E-state index in [-0.39, 0.29) is 24.9 Å². The predicted molar refractivity (Wildman–Crippen MR) is 259 cm³/mol. The Labute approximate surface area is 372 Å². The number of amides is 1.